The zero-order valence-corrected chi connectivity index (χ0v) is 21.1. The Hall–Kier alpha value is -3.17. The van der Waals surface area contributed by atoms with E-state index in [-0.39, 0.29) is 0 Å². The second kappa shape index (κ2) is 10.6. The number of amidine groups is 1. The molecule has 2 N–H and O–H groups in total. The minimum Gasteiger partial charge on any atom is -0.497 e. The van der Waals surface area contributed by atoms with Crippen LogP contribution in [0, 0.1) is 0 Å². The predicted octanol–water partition coefficient (Wildman–Crippen LogP) is 5.67. The highest BCUT2D eigenvalue weighted by molar-refractivity contribution is 7.98. The largest absolute Gasteiger partial charge is 0.497 e. The number of nitrogens with zero attached hydrogens (tertiary/aromatic N) is 4. The summed E-state index contributed by atoms with van der Waals surface area (Å²) < 4.78 is 7.10. The van der Waals surface area contributed by atoms with E-state index in [2.05, 4.69) is 33.4 Å². The molecule has 0 fully saturated rings. The molecule has 0 aliphatic carbocycles. The zero-order chi connectivity index (χ0) is 24.2. The molecular formula is C25H22Cl2N6OS. The molecule has 0 saturated heterocycles. The molecule has 7 nitrogen and oxygen atoms in total. The van der Waals surface area contributed by atoms with Crippen molar-refractivity contribution >= 4 is 40.8 Å². The van der Waals surface area contributed by atoms with Gasteiger partial charge in [-0.15, -0.1) is 22.4 Å². The third-order valence-corrected chi connectivity index (χ3v) is 7.12. The van der Waals surface area contributed by atoms with E-state index in [1.165, 1.54) is 5.56 Å². The molecular weight excluding hydrogens is 503 g/mol. The number of hydrogen-bond acceptors (Lipinski definition) is 7. The Morgan fingerprint density at radius 3 is 2.54 bits per heavy atom. The van der Waals surface area contributed by atoms with Gasteiger partial charge in [0.25, 0.3) is 0 Å². The van der Waals surface area contributed by atoms with E-state index in [1.807, 2.05) is 58.2 Å². The van der Waals surface area contributed by atoms with Crippen molar-refractivity contribution in [1.82, 2.24) is 25.9 Å². The van der Waals surface area contributed by atoms with Crippen molar-refractivity contribution < 1.29 is 4.74 Å². The molecule has 1 aliphatic heterocycles. The molecule has 0 radical (unpaired) electrons. The number of ether oxygens (including phenoxy) is 1. The van der Waals surface area contributed by atoms with Crippen molar-refractivity contribution in [3.8, 4) is 11.4 Å². The smallest absolute Gasteiger partial charge is 0.177 e. The molecule has 0 unspecified atom stereocenters. The Bertz CT molecular complexity index is 1340. The lowest BCUT2D eigenvalue weighted by atomic mass is 10.2. The summed E-state index contributed by atoms with van der Waals surface area (Å²) in [5, 5.41) is 13.2. The molecule has 0 spiro atoms. The molecule has 0 bridgehead atoms. The molecule has 0 atom stereocenters. The van der Waals surface area contributed by atoms with Crippen molar-refractivity contribution in [3.05, 3.63) is 106 Å². The lowest BCUT2D eigenvalue weighted by molar-refractivity contribution is 0.287. The molecule has 2 heterocycles. The summed E-state index contributed by atoms with van der Waals surface area (Å²) in [4.78, 5) is 0. The van der Waals surface area contributed by atoms with Gasteiger partial charge in [-0.25, -0.2) is 10.2 Å². The van der Waals surface area contributed by atoms with Crippen LogP contribution in [0.4, 0.5) is 0 Å². The van der Waals surface area contributed by atoms with Gasteiger partial charge in [0.2, 0.25) is 0 Å². The van der Waals surface area contributed by atoms with Gasteiger partial charge in [0.15, 0.2) is 5.84 Å². The SMILES string of the molecule is COc1ccc(CN2NNN=C2c2cnn(-c3cc(Cl)ccc3Cl)c2SCc2ccccc2)cc1. The molecule has 35 heavy (non-hydrogen) atoms. The minimum atomic E-state index is 0.560. The number of methoxy groups -OCH3 is 1. The van der Waals surface area contributed by atoms with Crippen LogP contribution >= 0.6 is 35.0 Å². The minimum absolute atomic E-state index is 0.560. The van der Waals surface area contributed by atoms with Crippen molar-refractivity contribution in [3.63, 3.8) is 0 Å². The Morgan fingerprint density at radius 2 is 1.77 bits per heavy atom. The van der Waals surface area contributed by atoms with E-state index < -0.39 is 0 Å². The topological polar surface area (TPSA) is 66.7 Å². The van der Waals surface area contributed by atoms with Crippen molar-refractivity contribution in [1.29, 1.82) is 0 Å². The van der Waals surface area contributed by atoms with Crippen LogP contribution in [0.2, 0.25) is 10.0 Å². The highest BCUT2D eigenvalue weighted by Crippen LogP contribution is 2.33. The molecule has 0 saturated carbocycles. The maximum atomic E-state index is 6.55. The highest BCUT2D eigenvalue weighted by atomic mass is 35.5. The first kappa shape index (κ1) is 23.6. The Balaban J connectivity index is 1.49. The fraction of sp³-hybridized carbons (Fsp3) is 0.120. The third-order valence-electron chi connectivity index (χ3n) is 5.42. The van der Waals surface area contributed by atoms with Gasteiger partial charge in [-0.3, -0.25) is 5.01 Å². The molecule has 1 aromatic heterocycles. The summed E-state index contributed by atoms with van der Waals surface area (Å²) >= 11 is 14.5. The van der Waals surface area contributed by atoms with Crippen LogP contribution in [0.15, 0.2) is 89.1 Å². The summed E-state index contributed by atoms with van der Waals surface area (Å²) in [6.07, 6.45) is 1.80. The summed E-state index contributed by atoms with van der Waals surface area (Å²) in [5.41, 5.74) is 9.86. The fourth-order valence-corrected chi connectivity index (χ4v) is 5.09. The van der Waals surface area contributed by atoms with Crippen LogP contribution < -0.4 is 15.8 Å². The van der Waals surface area contributed by atoms with Gasteiger partial charge in [0, 0.05) is 10.8 Å². The number of hydrazine groups is 2. The quantitative estimate of drug-likeness (QED) is 0.289. The molecule has 4 aromatic rings. The standard InChI is InChI=1S/C25H22Cl2N6OS/c1-34-20-10-7-17(8-11-20)15-32-24(29-30-31-32)21-14-28-33(23-13-19(26)9-12-22(23)27)25(21)35-16-18-5-3-2-4-6-18/h2-14,30-31H,15-16H2,1H3. The number of thioether (sulfide) groups is 1. The second-order valence-electron chi connectivity index (χ2n) is 7.74. The van der Waals surface area contributed by atoms with Gasteiger partial charge in [-0.05, 0) is 41.5 Å². The third kappa shape index (κ3) is 5.26. The van der Waals surface area contributed by atoms with Crippen molar-refractivity contribution in [2.24, 2.45) is 5.10 Å². The highest BCUT2D eigenvalue weighted by Gasteiger charge is 2.26. The lowest BCUT2D eigenvalue weighted by Gasteiger charge is -2.19. The summed E-state index contributed by atoms with van der Waals surface area (Å²) in [7, 11) is 1.66. The molecule has 178 valence electrons. The number of rotatable bonds is 8. The van der Waals surface area contributed by atoms with Gasteiger partial charge in [-0.2, -0.15) is 5.10 Å². The van der Waals surface area contributed by atoms with Crippen LogP contribution in [0.25, 0.3) is 5.69 Å². The number of hydrazone groups is 1. The second-order valence-corrected chi connectivity index (χ2v) is 9.55. The van der Waals surface area contributed by atoms with E-state index in [9.17, 15) is 0 Å². The Morgan fingerprint density at radius 1 is 0.971 bits per heavy atom. The molecule has 3 aromatic carbocycles. The molecule has 0 amide bonds. The van der Waals surface area contributed by atoms with Crippen molar-refractivity contribution in [2.75, 3.05) is 7.11 Å². The molecule has 1 aliphatic rings. The fourth-order valence-electron chi connectivity index (χ4n) is 3.66. The van der Waals surface area contributed by atoms with Gasteiger partial charge in [0.05, 0.1) is 36.1 Å². The average molecular weight is 525 g/mol. The van der Waals surface area contributed by atoms with Crippen molar-refractivity contribution in [2.45, 2.75) is 17.3 Å². The molecule has 5 rings (SSSR count). The van der Waals surface area contributed by atoms with E-state index >= 15 is 0 Å². The first-order valence-electron chi connectivity index (χ1n) is 10.8. The normalized spacial score (nSPS) is 13.0. The first-order valence-corrected chi connectivity index (χ1v) is 12.6. The van der Waals surface area contributed by atoms with Crippen LogP contribution in [0.1, 0.15) is 16.7 Å². The number of nitrogens with one attached hydrogen (secondary N) is 2. The summed E-state index contributed by atoms with van der Waals surface area (Å²) in [6.45, 7) is 0.585. The Labute approximate surface area is 217 Å². The van der Waals surface area contributed by atoms with Gasteiger partial charge in [0.1, 0.15) is 10.8 Å². The van der Waals surface area contributed by atoms with E-state index in [4.69, 9.17) is 27.9 Å². The van der Waals surface area contributed by atoms with Crippen LogP contribution in [0.5, 0.6) is 5.75 Å². The monoisotopic (exact) mass is 524 g/mol. The summed E-state index contributed by atoms with van der Waals surface area (Å²) in [5.74, 6) is 2.29. The van der Waals surface area contributed by atoms with E-state index in [1.54, 1.807) is 37.2 Å². The van der Waals surface area contributed by atoms with E-state index in [0.717, 1.165) is 33.5 Å². The number of aromatic nitrogens is 2. The summed E-state index contributed by atoms with van der Waals surface area (Å²) in [6, 6.07) is 23.6. The average Bonchev–Trinajstić information content (AvgIpc) is 3.51. The number of halogens is 2. The van der Waals surface area contributed by atoms with Crippen LogP contribution in [-0.2, 0) is 12.3 Å². The lowest BCUT2D eigenvalue weighted by Crippen LogP contribution is -2.40. The van der Waals surface area contributed by atoms with Gasteiger partial charge >= 0.3 is 0 Å². The zero-order valence-electron chi connectivity index (χ0n) is 18.8. The number of benzene rings is 3. The predicted molar refractivity (Wildman–Crippen MR) is 141 cm³/mol. The maximum Gasteiger partial charge on any atom is 0.177 e. The maximum absolute atomic E-state index is 6.55. The van der Waals surface area contributed by atoms with Crippen LogP contribution in [-0.4, -0.2) is 27.7 Å². The van der Waals surface area contributed by atoms with Gasteiger partial charge in [-0.1, -0.05) is 65.7 Å². The molecule has 10 heteroatoms. The van der Waals surface area contributed by atoms with Gasteiger partial charge < -0.3 is 4.74 Å². The van der Waals surface area contributed by atoms with Crippen LogP contribution in [0.3, 0.4) is 0 Å². The number of hydrogen-bond donors (Lipinski definition) is 2. The Kier molecular flexibility index (Phi) is 7.15. The van der Waals surface area contributed by atoms with E-state index in [0.29, 0.717) is 22.3 Å². The first-order chi connectivity index (χ1) is 17.1.